The first-order valence-electron chi connectivity index (χ1n) is 13.4. The van der Waals surface area contributed by atoms with Gasteiger partial charge in [-0.15, -0.1) is 0 Å². The van der Waals surface area contributed by atoms with E-state index in [0.29, 0.717) is 30.5 Å². The van der Waals surface area contributed by atoms with Crippen LogP contribution in [0.1, 0.15) is 37.3 Å². The normalized spacial score (nSPS) is 18.6. The Hall–Kier alpha value is -3.86. The average Bonchev–Trinajstić information content (AvgIpc) is 3.55. The average molecular weight is 530 g/mol. The van der Waals surface area contributed by atoms with Gasteiger partial charge in [0.15, 0.2) is 5.65 Å². The third-order valence-electron chi connectivity index (χ3n) is 7.76. The minimum atomic E-state index is -0.742. The Morgan fingerprint density at radius 3 is 2.69 bits per heavy atom. The number of aliphatic hydroxyl groups excluding tert-OH is 2. The molecule has 0 aliphatic heterocycles. The molecule has 10 heteroatoms. The number of hydrogen-bond donors (Lipinski definition) is 4. The second-order valence-corrected chi connectivity index (χ2v) is 10.3. The molecule has 0 unspecified atom stereocenters. The molecule has 2 aromatic carbocycles. The molecular formula is C29H32FN7O2. The van der Waals surface area contributed by atoms with Gasteiger partial charge in [0.2, 0.25) is 0 Å². The maximum absolute atomic E-state index is 14.2. The molecule has 1 atom stereocenters. The summed E-state index contributed by atoms with van der Waals surface area (Å²) in [5.74, 6) is 0.183. The van der Waals surface area contributed by atoms with Crippen LogP contribution < -0.4 is 11.1 Å². The number of nitrogens with zero attached hydrogens (tertiary/aromatic N) is 5. The number of rotatable bonds is 8. The van der Waals surface area contributed by atoms with E-state index in [2.05, 4.69) is 21.4 Å². The number of nitrogens with one attached hydrogen (secondary N) is 1. The predicted octanol–water partition coefficient (Wildman–Crippen LogP) is 3.64. The molecule has 1 fully saturated rings. The Bertz CT molecular complexity index is 1610. The maximum Gasteiger partial charge on any atom is 0.164 e. The molecule has 0 bridgehead atoms. The van der Waals surface area contributed by atoms with Crippen LogP contribution in [0.3, 0.4) is 0 Å². The largest absolute Gasteiger partial charge is 0.394 e. The SMILES string of the molecule is Nc1ncnc2c1c(-c1ccc3c(ccn3Cc3ccccc3F)c1)nn2C1CCC(NC[C@H](O)CO)CC1. The van der Waals surface area contributed by atoms with E-state index < -0.39 is 6.10 Å². The lowest BCUT2D eigenvalue weighted by atomic mass is 9.91. The molecule has 3 heterocycles. The molecule has 1 aliphatic rings. The quantitative estimate of drug-likeness (QED) is 0.242. The zero-order valence-corrected chi connectivity index (χ0v) is 21.5. The molecule has 1 aliphatic carbocycles. The third-order valence-corrected chi connectivity index (χ3v) is 7.76. The van der Waals surface area contributed by atoms with Crippen molar-refractivity contribution < 1.29 is 14.6 Å². The second-order valence-electron chi connectivity index (χ2n) is 10.3. The fourth-order valence-electron chi connectivity index (χ4n) is 5.64. The van der Waals surface area contributed by atoms with Gasteiger partial charge in [-0.2, -0.15) is 5.10 Å². The van der Waals surface area contributed by atoms with Gasteiger partial charge in [0.05, 0.1) is 30.7 Å². The lowest BCUT2D eigenvalue weighted by Crippen LogP contribution is -2.39. The molecule has 202 valence electrons. The number of anilines is 1. The number of hydrogen-bond acceptors (Lipinski definition) is 7. The molecular weight excluding hydrogens is 497 g/mol. The van der Waals surface area contributed by atoms with E-state index in [0.717, 1.165) is 58.9 Å². The molecule has 1 saturated carbocycles. The van der Waals surface area contributed by atoms with Gasteiger partial charge in [-0.05, 0) is 49.9 Å². The van der Waals surface area contributed by atoms with Gasteiger partial charge in [0.25, 0.3) is 0 Å². The highest BCUT2D eigenvalue weighted by Gasteiger charge is 2.27. The number of halogens is 1. The van der Waals surface area contributed by atoms with Gasteiger partial charge in [0.1, 0.15) is 23.7 Å². The summed E-state index contributed by atoms with van der Waals surface area (Å²) in [7, 11) is 0. The molecule has 0 saturated heterocycles. The van der Waals surface area contributed by atoms with E-state index in [1.807, 2.05) is 39.7 Å². The van der Waals surface area contributed by atoms with Crippen LogP contribution in [-0.2, 0) is 6.54 Å². The van der Waals surface area contributed by atoms with Crippen LogP contribution in [0.25, 0.3) is 33.2 Å². The Kier molecular flexibility index (Phi) is 6.99. The van der Waals surface area contributed by atoms with Crippen molar-refractivity contribution >= 4 is 27.8 Å². The standard InChI is InChI=1S/C29H32FN7O2/c30-24-4-2-1-3-20(24)15-36-12-11-18-13-19(5-10-25(18)36)27-26-28(31)33-17-34-29(26)37(35-27)22-8-6-21(7-9-22)32-14-23(39)16-38/h1-5,10-13,17,21-23,32,38-39H,6-9,14-16H2,(H2,31,33,34)/t21?,22?,23-/m0/s1. The summed E-state index contributed by atoms with van der Waals surface area (Å²) in [4.78, 5) is 8.82. The van der Waals surface area contributed by atoms with Gasteiger partial charge >= 0.3 is 0 Å². The van der Waals surface area contributed by atoms with Gasteiger partial charge in [0, 0.05) is 40.8 Å². The van der Waals surface area contributed by atoms with Crippen molar-refractivity contribution in [2.75, 3.05) is 18.9 Å². The molecule has 6 rings (SSSR count). The summed E-state index contributed by atoms with van der Waals surface area (Å²) in [5.41, 5.74) is 10.4. The lowest BCUT2D eigenvalue weighted by Gasteiger charge is -2.30. The number of aliphatic hydroxyl groups is 2. The van der Waals surface area contributed by atoms with Crippen molar-refractivity contribution in [3.05, 3.63) is 72.4 Å². The molecule has 3 aromatic heterocycles. The molecule has 0 spiro atoms. The summed E-state index contributed by atoms with van der Waals surface area (Å²) >= 11 is 0. The van der Waals surface area contributed by atoms with Crippen LogP contribution in [0.2, 0.25) is 0 Å². The number of benzene rings is 2. The summed E-state index contributed by atoms with van der Waals surface area (Å²) < 4.78 is 18.3. The van der Waals surface area contributed by atoms with Gasteiger partial charge in [-0.3, -0.25) is 0 Å². The molecule has 9 nitrogen and oxygen atoms in total. The van der Waals surface area contributed by atoms with E-state index in [9.17, 15) is 9.50 Å². The Morgan fingerprint density at radius 1 is 1.08 bits per heavy atom. The van der Waals surface area contributed by atoms with Gasteiger partial charge in [-0.25, -0.2) is 19.0 Å². The summed E-state index contributed by atoms with van der Waals surface area (Å²) in [6.45, 7) is 0.590. The molecule has 0 radical (unpaired) electrons. The van der Waals surface area contributed by atoms with Crippen molar-refractivity contribution in [1.82, 2.24) is 29.6 Å². The number of nitrogen functional groups attached to an aromatic ring is 1. The first-order valence-corrected chi connectivity index (χ1v) is 13.4. The fraction of sp³-hybridized carbons (Fsp3) is 0.345. The van der Waals surface area contributed by atoms with Crippen molar-refractivity contribution in [2.24, 2.45) is 0 Å². The van der Waals surface area contributed by atoms with Crippen LogP contribution in [0.5, 0.6) is 0 Å². The lowest BCUT2D eigenvalue weighted by molar-refractivity contribution is 0.0895. The highest BCUT2D eigenvalue weighted by molar-refractivity contribution is 6.00. The van der Waals surface area contributed by atoms with E-state index >= 15 is 0 Å². The first kappa shape index (κ1) is 25.4. The Labute approximate surface area is 225 Å². The summed E-state index contributed by atoms with van der Waals surface area (Å²) in [5, 5.41) is 28.9. The molecule has 5 aromatic rings. The van der Waals surface area contributed by atoms with Crippen molar-refractivity contribution in [3.63, 3.8) is 0 Å². The number of fused-ring (bicyclic) bond motifs is 2. The number of nitrogens with two attached hydrogens (primary N) is 1. The predicted molar refractivity (Wildman–Crippen MR) is 149 cm³/mol. The zero-order valence-electron chi connectivity index (χ0n) is 21.5. The van der Waals surface area contributed by atoms with E-state index in [1.165, 1.54) is 12.4 Å². The summed E-state index contributed by atoms with van der Waals surface area (Å²) in [6, 6.07) is 15.5. The number of aromatic nitrogens is 5. The van der Waals surface area contributed by atoms with E-state index in [1.54, 1.807) is 12.1 Å². The molecule has 5 N–H and O–H groups in total. The van der Waals surface area contributed by atoms with Crippen LogP contribution in [0.15, 0.2) is 61.1 Å². The van der Waals surface area contributed by atoms with Crippen molar-refractivity contribution in [3.8, 4) is 11.3 Å². The van der Waals surface area contributed by atoms with Crippen molar-refractivity contribution in [1.29, 1.82) is 0 Å². The van der Waals surface area contributed by atoms with Gasteiger partial charge < -0.3 is 25.8 Å². The molecule has 0 amide bonds. The second kappa shape index (κ2) is 10.7. The Morgan fingerprint density at radius 2 is 1.90 bits per heavy atom. The molecule has 39 heavy (non-hydrogen) atoms. The first-order chi connectivity index (χ1) is 19.0. The van der Waals surface area contributed by atoms with Crippen molar-refractivity contribution in [2.45, 2.75) is 50.4 Å². The third kappa shape index (κ3) is 4.98. The minimum Gasteiger partial charge on any atom is -0.394 e. The highest BCUT2D eigenvalue weighted by Crippen LogP contribution is 2.37. The maximum atomic E-state index is 14.2. The summed E-state index contributed by atoms with van der Waals surface area (Å²) in [6.07, 6.45) is 6.39. The van der Waals surface area contributed by atoms with E-state index in [4.69, 9.17) is 15.9 Å². The smallest absolute Gasteiger partial charge is 0.164 e. The monoisotopic (exact) mass is 529 g/mol. The van der Waals surface area contributed by atoms with Gasteiger partial charge in [-0.1, -0.05) is 24.3 Å². The zero-order chi connectivity index (χ0) is 26.9. The van der Waals surface area contributed by atoms with Crippen LogP contribution in [0.4, 0.5) is 10.2 Å². The minimum absolute atomic E-state index is 0.168. The Balaban J connectivity index is 1.29. The van der Waals surface area contributed by atoms with Crippen LogP contribution in [0, 0.1) is 5.82 Å². The fourth-order valence-corrected chi connectivity index (χ4v) is 5.64. The van der Waals surface area contributed by atoms with Crippen LogP contribution in [-0.4, -0.2) is 59.8 Å². The van der Waals surface area contributed by atoms with E-state index in [-0.39, 0.29) is 18.5 Å². The van der Waals surface area contributed by atoms with Crippen LogP contribution >= 0.6 is 0 Å². The highest BCUT2D eigenvalue weighted by atomic mass is 19.1. The topological polar surface area (TPSA) is 127 Å².